The van der Waals surface area contributed by atoms with Gasteiger partial charge in [-0.1, -0.05) is 19.1 Å². The summed E-state index contributed by atoms with van der Waals surface area (Å²) in [7, 11) is 0. The summed E-state index contributed by atoms with van der Waals surface area (Å²) in [5.41, 5.74) is 2.13. The van der Waals surface area contributed by atoms with Gasteiger partial charge in [-0.25, -0.2) is 5.84 Å². The zero-order valence-electron chi connectivity index (χ0n) is 8.37. The molecule has 0 aliphatic carbocycles. The molecule has 0 saturated carbocycles. The number of amides is 1. The predicted octanol–water partition coefficient (Wildman–Crippen LogP) is 2.31. The van der Waals surface area contributed by atoms with Crippen LogP contribution >= 0.6 is 27.7 Å². The molecule has 0 aliphatic heterocycles. The van der Waals surface area contributed by atoms with E-state index in [9.17, 15) is 4.79 Å². The summed E-state index contributed by atoms with van der Waals surface area (Å²) in [6.45, 7) is 2.00. The minimum atomic E-state index is -0.137. The highest BCUT2D eigenvalue weighted by Crippen LogP contribution is 2.31. The first-order valence-electron chi connectivity index (χ1n) is 4.54. The highest BCUT2D eigenvalue weighted by molar-refractivity contribution is 9.10. The van der Waals surface area contributed by atoms with Crippen molar-refractivity contribution in [3.05, 3.63) is 28.7 Å². The largest absolute Gasteiger partial charge is 0.294 e. The van der Waals surface area contributed by atoms with Crippen molar-refractivity contribution >= 4 is 33.6 Å². The van der Waals surface area contributed by atoms with Crippen molar-refractivity contribution < 1.29 is 4.79 Å². The van der Waals surface area contributed by atoms with Crippen molar-refractivity contribution in [3.8, 4) is 0 Å². The van der Waals surface area contributed by atoms with Crippen molar-refractivity contribution in [3.63, 3.8) is 0 Å². The maximum Gasteiger partial charge on any atom is 0.234 e. The van der Waals surface area contributed by atoms with Crippen LogP contribution in [0.2, 0.25) is 0 Å². The van der Waals surface area contributed by atoms with E-state index in [0.29, 0.717) is 6.42 Å². The number of nitrogens with one attached hydrogen (secondary N) is 1. The van der Waals surface area contributed by atoms with Gasteiger partial charge in [-0.2, -0.15) is 0 Å². The number of thioether (sulfide) groups is 1. The molecule has 82 valence electrons. The predicted molar refractivity (Wildman–Crippen MR) is 66.4 cm³/mol. The molecule has 1 atom stereocenters. The van der Waals surface area contributed by atoms with E-state index in [4.69, 9.17) is 5.84 Å². The molecule has 0 aromatic heterocycles. The molecule has 0 spiro atoms. The van der Waals surface area contributed by atoms with Gasteiger partial charge in [0.25, 0.3) is 0 Å². The van der Waals surface area contributed by atoms with Crippen LogP contribution in [0.4, 0.5) is 0 Å². The summed E-state index contributed by atoms with van der Waals surface area (Å²) in [6.07, 6.45) is 0.419. The molecule has 1 aromatic carbocycles. The molecular formula is C10H13BrN2OS. The number of carbonyl (C=O) groups excluding carboxylic acids is 1. The standard InChI is InChI=1S/C10H13BrN2OS/c1-7(6-10(14)13-12)15-9-5-3-2-4-8(9)11/h2-5,7H,6,12H2,1H3,(H,13,14). The molecule has 3 N–H and O–H groups in total. The zero-order valence-corrected chi connectivity index (χ0v) is 10.8. The molecule has 5 heteroatoms. The second kappa shape index (κ2) is 6.15. The zero-order chi connectivity index (χ0) is 11.3. The number of hydrazine groups is 1. The monoisotopic (exact) mass is 288 g/mol. The maximum atomic E-state index is 11.0. The Hall–Kier alpha value is -0.520. The highest BCUT2D eigenvalue weighted by atomic mass is 79.9. The van der Waals surface area contributed by atoms with Gasteiger partial charge in [-0.3, -0.25) is 10.2 Å². The van der Waals surface area contributed by atoms with E-state index >= 15 is 0 Å². The number of halogens is 1. The molecule has 1 rings (SSSR count). The second-order valence-corrected chi connectivity index (χ2v) is 5.47. The van der Waals surface area contributed by atoms with E-state index in [1.807, 2.05) is 31.2 Å². The van der Waals surface area contributed by atoms with Crippen LogP contribution in [0.1, 0.15) is 13.3 Å². The fourth-order valence-electron chi connectivity index (χ4n) is 1.12. The van der Waals surface area contributed by atoms with E-state index in [2.05, 4.69) is 21.4 Å². The minimum absolute atomic E-state index is 0.137. The molecule has 3 nitrogen and oxygen atoms in total. The molecule has 0 saturated heterocycles. The number of carbonyl (C=O) groups is 1. The van der Waals surface area contributed by atoms with Crippen molar-refractivity contribution in [1.82, 2.24) is 5.43 Å². The van der Waals surface area contributed by atoms with E-state index in [-0.39, 0.29) is 11.2 Å². The molecule has 0 fully saturated rings. The van der Waals surface area contributed by atoms with Crippen molar-refractivity contribution in [1.29, 1.82) is 0 Å². The van der Waals surface area contributed by atoms with Crippen LogP contribution in [-0.2, 0) is 4.79 Å². The number of hydrogen-bond acceptors (Lipinski definition) is 3. The summed E-state index contributed by atoms with van der Waals surface area (Å²) < 4.78 is 1.05. The summed E-state index contributed by atoms with van der Waals surface area (Å²) in [6, 6.07) is 7.94. The van der Waals surface area contributed by atoms with Gasteiger partial charge in [0, 0.05) is 21.0 Å². The average Bonchev–Trinajstić information content (AvgIpc) is 2.21. The van der Waals surface area contributed by atoms with Crippen molar-refractivity contribution in [2.24, 2.45) is 5.84 Å². The van der Waals surface area contributed by atoms with Crippen LogP contribution in [0.3, 0.4) is 0 Å². The third-order valence-corrected chi connectivity index (χ3v) is 3.93. The lowest BCUT2D eigenvalue weighted by Gasteiger charge is -2.10. The SMILES string of the molecule is CC(CC(=O)NN)Sc1ccccc1Br. The van der Waals surface area contributed by atoms with Gasteiger partial charge in [0.05, 0.1) is 0 Å². The lowest BCUT2D eigenvalue weighted by molar-refractivity contribution is -0.121. The van der Waals surface area contributed by atoms with E-state index < -0.39 is 0 Å². The van der Waals surface area contributed by atoms with Gasteiger partial charge in [-0.15, -0.1) is 11.8 Å². The van der Waals surface area contributed by atoms with Gasteiger partial charge in [0.15, 0.2) is 0 Å². The third kappa shape index (κ3) is 4.24. The minimum Gasteiger partial charge on any atom is -0.294 e. The lowest BCUT2D eigenvalue weighted by Crippen LogP contribution is -2.31. The quantitative estimate of drug-likeness (QED) is 0.387. The summed E-state index contributed by atoms with van der Waals surface area (Å²) >= 11 is 5.11. The Morgan fingerprint density at radius 1 is 1.60 bits per heavy atom. The molecule has 0 aliphatic rings. The van der Waals surface area contributed by atoms with Crippen LogP contribution in [0.5, 0.6) is 0 Å². The van der Waals surface area contributed by atoms with E-state index in [1.54, 1.807) is 11.8 Å². The van der Waals surface area contributed by atoms with Crippen LogP contribution < -0.4 is 11.3 Å². The number of hydrogen-bond donors (Lipinski definition) is 2. The average molecular weight is 289 g/mol. The summed E-state index contributed by atoms with van der Waals surface area (Å²) in [5, 5.41) is 0.201. The maximum absolute atomic E-state index is 11.0. The molecule has 0 heterocycles. The summed E-state index contributed by atoms with van der Waals surface area (Å²) in [5.74, 6) is 4.89. The highest BCUT2D eigenvalue weighted by Gasteiger charge is 2.10. The number of nitrogens with two attached hydrogens (primary N) is 1. The molecule has 0 radical (unpaired) electrons. The normalized spacial score (nSPS) is 12.2. The van der Waals surface area contributed by atoms with E-state index in [0.717, 1.165) is 9.37 Å². The van der Waals surface area contributed by atoms with Crippen molar-refractivity contribution in [2.75, 3.05) is 0 Å². The first-order valence-corrected chi connectivity index (χ1v) is 6.21. The van der Waals surface area contributed by atoms with E-state index in [1.165, 1.54) is 0 Å². The fourth-order valence-corrected chi connectivity index (χ4v) is 2.69. The fraction of sp³-hybridized carbons (Fsp3) is 0.300. The number of rotatable bonds is 4. The van der Waals surface area contributed by atoms with Gasteiger partial charge in [-0.05, 0) is 28.1 Å². The molecule has 15 heavy (non-hydrogen) atoms. The Morgan fingerprint density at radius 3 is 2.87 bits per heavy atom. The third-order valence-electron chi connectivity index (χ3n) is 1.80. The molecule has 1 aromatic rings. The van der Waals surface area contributed by atoms with Gasteiger partial charge < -0.3 is 0 Å². The molecule has 1 unspecified atom stereocenters. The van der Waals surface area contributed by atoms with Crippen LogP contribution in [0.25, 0.3) is 0 Å². The van der Waals surface area contributed by atoms with Crippen LogP contribution in [0, 0.1) is 0 Å². The summed E-state index contributed by atoms with van der Waals surface area (Å²) in [4.78, 5) is 12.2. The van der Waals surface area contributed by atoms with Crippen LogP contribution in [-0.4, -0.2) is 11.2 Å². The van der Waals surface area contributed by atoms with Gasteiger partial charge in [0.2, 0.25) is 5.91 Å². The van der Waals surface area contributed by atoms with Gasteiger partial charge >= 0.3 is 0 Å². The Morgan fingerprint density at radius 2 is 2.27 bits per heavy atom. The molecule has 1 amide bonds. The first kappa shape index (κ1) is 12.5. The lowest BCUT2D eigenvalue weighted by atomic mass is 10.3. The van der Waals surface area contributed by atoms with Crippen molar-refractivity contribution in [2.45, 2.75) is 23.5 Å². The second-order valence-electron chi connectivity index (χ2n) is 3.13. The topological polar surface area (TPSA) is 55.1 Å². The molecule has 0 bridgehead atoms. The van der Waals surface area contributed by atoms with Gasteiger partial charge in [0.1, 0.15) is 0 Å². The Bertz CT molecular complexity index is 346. The van der Waals surface area contributed by atoms with Crippen LogP contribution in [0.15, 0.2) is 33.6 Å². The first-order chi connectivity index (χ1) is 7.13. The Balaban J connectivity index is 2.55. The smallest absolute Gasteiger partial charge is 0.234 e. The molecular weight excluding hydrogens is 276 g/mol. The number of benzene rings is 1. The Labute approximate surface area is 102 Å². The Kier molecular flexibility index (Phi) is 5.14.